The Hall–Kier alpha value is 0.01000. The normalized spacial score (nSPS) is 24.1. The van der Waals surface area contributed by atoms with Crippen LogP contribution in [0.3, 0.4) is 0 Å². The van der Waals surface area contributed by atoms with Crippen molar-refractivity contribution < 1.29 is 0 Å². The molecule has 1 fully saturated rings. The Bertz CT molecular complexity index is 182. The number of hydrogen-bond acceptors (Lipinski definition) is 3. The smallest absolute Gasteiger partial charge is 0.0160 e. The van der Waals surface area contributed by atoms with E-state index in [0.717, 1.165) is 18.2 Å². The topological polar surface area (TPSA) is 6.48 Å². The largest absolute Gasteiger partial charge is 0.306 e. The first kappa shape index (κ1) is 12.1. The average molecular weight is 214 g/mol. The molecule has 3 heteroatoms. The minimum absolute atomic E-state index is 0.847. The van der Waals surface area contributed by atoms with Gasteiger partial charge >= 0.3 is 0 Å². The Kier molecular flexibility index (Phi) is 5.60. The number of likely N-dealkylation sites (tertiary alicyclic amines) is 1. The molecule has 0 spiro atoms. The Morgan fingerprint density at radius 1 is 1.50 bits per heavy atom. The summed E-state index contributed by atoms with van der Waals surface area (Å²) >= 11 is 4.14. The molecule has 1 heterocycles. The van der Waals surface area contributed by atoms with Crippen molar-refractivity contribution >= 4 is 12.6 Å². The van der Waals surface area contributed by atoms with Gasteiger partial charge in [0.05, 0.1) is 0 Å². The maximum atomic E-state index is 4.14. The molecule has 0 aromatic carbocycles. The van der Waals surface area contributed by atoms with Gasteiger partial charge in [0.25, 0.3) is 0 Å². The number of hydrogen-bond donors (Lipinski definition) is 1. The van der Waals surface area contributed by atoms with Crippen LogP contribution in [0, 0.1) is 5.92 Å². The molecule has 1 aliphatic heterocycles. The van der Waals surface area contributed by atoms with Gasteiger partial charge in [0.1, 0.15) is 0 Å². The van der Waals surface area contributed by atoms with Crippen LogP contribution >= 0.6 is 12.6 Å². The Morgan fingerprint density at radius 3 is 2.86 bits per heavy atom. The number of nitrogens with zero attached hydrogens (tertiary/aromatic N) is 2. The van der Waals surface area contributed by atoms with Gasteiger partial charge in [0, 0.05) is 25.4 Å². The minimum atomic E-state index is 0.847. The minimum Gasteiger partial charge on any atom is -0.306 e. The lowest BCUT2D eigenvalue weighted by Gasteiger charge is -2.19. The van der Waals surface area contributed by atoms with E-state index in [9.17, 15) is 0 Å². The number of likely N-dealkylation sites (N-methyl/N-ethyl adjacent to an activating group) is 1. The summed E-state index contributed by atoms with van der Waals surface area (Å²) in [6.45, 7) is 4.81. The van der Waals surface area contributed by atoms with Gasteiger partial charge in [-0.05, 0) is 33.0 Å². The van der Waals surface area contributed by atoms with E-state index in [1.165, 1.54) is 26.1 Å². The monoisotopic (exact) mass is 214 g/mol. The molecule has 0 aromatic heterocycles. The Balaban J connectivity index is 2.13. The average Bonchev–Trinajstić information content (AvgIpc) is 2.52. The molecule has 1 rings (SSSR count). The fourth-order valence-electron chi connectivity index (χ4n) is 2.02. The molecule has 0 radical (unpaired) electrons. The predicted molar refractivity (Wildman–Crippen MR) is 66.1 cm³/mol. The molecule has 1 unspecified atom stereocenters. The highest BCUT2D eigenvalue weighted by atomic mass is 32.1. The van der Waals surface area contributed by atoms with Crippen LogP contribution in [0.25, 0.3) is 0 Å². The molecule has 0 amide bonds. The van der Waals surface area contributed by atoms with Crippen LogP contribution in [-0.2, 0) is 0 Å². The molecule has 2 nitrogen and oxygen atoms in total. The molecule has 0 aliphatic carbocycles. The first-order chi connectivity index (χ1) is 6.72. The molecule has 1 atom stereocenters. The van der Waals surface area contributed by atoms with Crippen molar-refractivity contribution in [1.82, 2.24) is 9.80 Å². The van der Waals surface area contributed by atoms with Crippen molar-refractivity contribution in [3.63, 3.8) is 0 Å². The predicted octanol–water partition coefficient (Wildman–Crippen LogP) is 1.36. The molecular formula is C11H22N2S. The maximum Gasteiger partial charge on any atom is 0.0160 e. The molecule has 0 bridgehead atoms. The molecule has 1 saturated heterocycles. The zero-order chi connectivity index (χ0) is 10.4. The highest BCUT2D eigenvalue weighted by Gasteiger charge is 2.19. The third-order valence-corrected chi connectivity index (χ3v) is 2.96. The zero-order valence-electron chi connectivity index (χ0n) is 9.32. The molecule has 14 heavy (non-hydrogen) atoms. The molecule has 1 aliphatic rings. The first-order valence-electron chi connectivity index (χ1n) is 5.35. The lowest BCUT2D eigenvalue weighted by atomic mass is 10.1. The van der Waals surface area contributed by atoms with Gasteiger partial charge < -0.3 is 9.80 Å². The van der Waals surface area contributed by atoms with Gasteiger partial charge in [-0.3, -0.25) is 0 Å². The van der Waals surface area contributed by atoms with Crippen LogP contribution in [0.4, 0.5) is 0 Å². The van der Waals surface area contributed by atoms with Crippen LogP contribution < -0.4 is 0 Å². The van der Waals surface area contributed by atoms with Crippen molar-refractivity contribution in [2.75, 3.05) is 46.0 Å². The second-order valence-corrected chi connectivity index (χ2v) is 4.66. The summed E-state index contributed by atoms with van der Waals surface area (Å²) in [7, 11) is 4.40. The van der Waals surface area contributed by atoms with E-state index in [1.54, 1.807) is 0 Å². The molecule has 0 aromatic rings. The Labute approximate surface area is 93.4 Å². The number of thiol groups is 1. The van der Waals surface area contributed by atoms with Crippen LogP contribution in [0.2, 0.25) is 0 Å². The van der Waals surface area contributed by atoms with E-state index in [4.69, 9.17) is 0 Å². The first-order valence-corrected chi connectivity index (χ1v) is 5.98. The van der Waals surface area contributed by atoms with E-state index >= 15 is 0 Å². The van der Waals surface area contributed by atoms with Crippen LogP contribution in [0.15, 0.2) is 12.2 Å². The van der Waals surface area contributed by atoms with E-state index in [0.29, 0.717) is 0 Å². The van der Waals surface area contributed by atoms with Gasteiger partial charge in [-0.15, -0.1) is 0 Å². The molecule has 82 valence electrons. The quantitative estimate of drug-likeness (QED) is 0.545. The summed E-state index contributed by atoms with van der Waals surface area (Å²) in [6.07, 6.45) is 5.67. The number of rotatable bonds is 5. The summed E-state index contributed by atoms with van der Waals surface area (Å²) in [4.78, 5) is 4.81. The summed E-state index contributed by atoms with van der Waals surface area (Å²) in [6, 6.07) is 0. The van der Waals surface area contributed by atoms with Crippen molar-refractivity contribution in [2.45, 2.75) is 6.42 Å². The summed E-state index contributed by atoms with van der Waals surface area (Å²) in [5, 5.41) is 0. The summed E-state index contributed by atoms with van der Waals surface area (Å²) in [5.41, 5.74) is 0. The van der Waals surface area contributed by atoms with Gasteiger partial charge in [-0.25, -0.2) is 0 Å². The van der Waals surface area contributed by atoms with Gasteiger partial charge in [-0.1, -0.05) is 12.2 Å². The van der Waals surface area contributed by atoms with E-state index in [-0.39, 0.29) is 0 Å². The fraction of sp³-hybridized carbons (Fsp3) is 0.818. The zero-order valence-corrected chi connectivity index (χ0v) is 10.2. The van der Waals surface area contributed by atoms with Gasteiger partial charge in [0.2, 0.25) is 0 Å². The van der Waals surface area contributed by atoms with Gasteiger partial charge in [0.15, 0.2) is 0 Å². The van der Waals surface area contributed by atoms with E-state index in [1.807, 2.05) is 0 Å². The summed E-state index contributed by atoms with van der Waals surface area (Å²) in [5.74, 6) is 1.72. The third kappa shape index (κ3) is 4.49. The Morgan fingerprint density at radius 2 is 2.29 bits per heavy atom. The molecule has 0 N–H and O–H groups in total. The van der Waals surface area contributed by atoms with Crippen LogP contribution in [-0.4, -0.2) is 55.8 Å². The van der Waals surface area contributed by atoms with Crippen molar-refractivity contribution in [3.05, 3.63) is 12.2 Å². The lowest BCUT2D eigenvalue weighted by molar-refractivity contribution is 0.295. The lowest BCUT2D eigenvalue weighted by Crippen LogP contribution is -2.27. The second-order valence-electron chi connectivity index (χ2n) is 4.29. The highest BCUT2D eigenvalue weighted by Crippen LogP contribution is 2.14. The third-order valence-electron chi connectivity index (χ3n) is 2.75. The van der Waals surface area contributed by atoms with Crippen molar-refractivity contribution in [2.24, 2.45) is 5.92 Å². The van der Waals surface area contributed by atoms with Gasteiger partial charge in [-0.2, -0.15) is 12.6 Å². The van der Waals surface area contributed by atoms with Crippen LogP contribution in [0.1, 0.15) is 6.42 Å². The highest BCUT2D eigenvalue weighted by molar-refractivity contribution is 7.80. The fourth-order valence-corrected chi connectivity index (χ4v) is 2.17. The van der Waals surface area contributed by atoms with Crippen molar-refractivity contribution in [1.29, 1.82) is 0 Å². The molecule has 0 saturated carbocycles. The van der Waals surface area contributed by atoms with Crippen molar-refractivity contribution in [3.8, 4) is 0 Å². The standard InChI is InChI=1S/C11H22N2S/c1-12(6-3-4-8-14)9-11-5-7-13(2)10-11/h3-4,11,14H,5-10H2,1-2H3. The molecular weight excluding hydrogens is 192 g/mol. The maximum absolute atomic E-state index is 4.14. The van der Waals surface area contributed by atoms with Crippen LogP contribution in [0.5, 0.6) is 0 Å². The SMILES string of the molecule is CN(CC=CCS)CC1CCN(C)C1. The van der Waals surface area contributed by atoms with E-state index in [2.05, 4.69) is 48.7 Å². The second kappa shape index (κ2) is 6.49. The summed E-state index contributed by atoms with van der Waals surface area (Å²) < 4.78 is 0. The van der Waals surface area contributed by atoms with E-state index < -0.39 is 0 Å².